The fourth-order valence-corrected chi connectivity index (χ4v) is 2.12. The van der Waals surface area contributed by atoms with Crippen molar-refractivity contribution in [3.63, 3.8) is 0 Å². The van der Waals surface area contributed by atoms with Crippen LogP contribution in [-0.2, 0) is 4.79 Å². The highest BCUT2D eigenvalue weighted by atomic mass is 79.9. The Hall–Kier alpha value is -0.950. The number of hydrogen-bond acceptors (Lipinski definition) is 3. The molecule has 0 aliphatic carbocycles. The summed E-state index contributed by atoms with van der Waals surface area (Å²) in [4.78, 5) is 22.2. The number of carbonyl (C=O) groups excluding carboxylic acids is 1. The standard InChI is InChI=1S/C8H7BrFNO3S/c9-6-2-1-5(15-6)7(12)11-4(3-10)8(13)14/h1-2,4H,3H2,(H,11,12)(H,13,14). The number of rotatable bonds is 4. The van der Waals surface area contributed by atoms with Gasteiger partial charge in [-0.3, -0.25) is 4.79 Å². The number of nitrogens with one attached hydrogen (secondary N) is 1. The zero-order valence-electron chi connectivity index (χ0n) is 7.37. The van der Waals surface area contributed by atoms with Crippen molar-refractivity contribution in [1.29, 1.82) is 0 Å². The first-order chi connectivity index (χ1) is 7.04. The highest BCUT2D eigenvalue weighted by Gasteiger charge is 2.20. The van der Waals surface area contributed by atoms with E-state index in [1.54, 1.807) is 6.07 Å². The summed E-state index contributed by atoms with van der Waals surface area (Å²) < 4.78 is 12.9. The second-order valence-corrected chi connectivity index (χ2v) is 5.09. The molecule has 1 aromatic heterocycles. The predicted octanol–water partition coefficient (Wildman–Crippen LogP) is 1.66. The van der Waals surface area contributed by atoms with Crippen LogP contribution in [0.4, 0.5) is 4.39 Å². The molecule has 1 atom stereocenters. The average molecular weight is 296 g/mol. The first kappa shape index (κ1) is 12.1. The fourth-order valence-electron chi connectivity index (χ4n) is 0.832. The predicted molar refractivity (Wildman–Crippen MR) is 56.9 cm³/mol. The van der Waals surface area contributed by atoms with Crippen LogP contribution in [0.5, 0.6) is 0 Å². The van der Waals surface area contributed by atoms with Crippen LogP contribution in [0.25, 0.3) is 0 Å². The third-order valence-corrected chi connectivity index (χ3v) is 3.18. The Morgan fingerprint density at radius 1 is 1.60 bits per heavy atom. The van der Waals surface area contributed by atoms with Gasteiger partial charge in [-0.1, -0.05) is 0 Å². The molecule has 4 nitrogen and oxygen atoms in total. The lowest BCUT2D eigenvalue weighted by Gasteiger charge is -2.08. The molecule has 1 unspecified atom stereocenters. The number of carboxylic acid groups (broad SMARTS) is 1. The Morgan fingerprint density at radius 3 is 2.67 bits per heavy atom. The average Bonchev–Trinajstić information content (AvgIpc) is 2.60. The molecule has 15 heavy (non-hydrogen) atoms. The van der Waals surface area contributed by atoms with Crippen molar-refractivity contribution in [2.45, 2.75) is 6.04 Å². The van der Waals surface area contributed by atoms with Crippen LogP contribution in [0.15, 0.2) is 15.9 Å². The summed E-state index contributed by atoms with van der Waals surface area (Å²) >= 11 is 4.31. The number of alkyl halides is 1. The Kier molecular flexibility index (Phi) is 4.22. The summed E-state index contributed by atoms with van der Waals surface area (Å²) in [5.41, 5.74) is 0. The normalized spacial score (nSPS) is 12.1. The topological polar surface area (TPSA) is 66.4 Å². The van der Waals surface area contributed by atoms with Crippen LogP contribution in [0, 0.1) is 0 Å². The lowest BCUT2D eigenvalue weighted by molar-refractivity contribution is -0.139. The van der Waals surface area contributed by atoms with E-state index >= 15 is 0 Å². The number of hydrogen-bond donors (Lipinski definition) is 2. The largest absolute Gasteiger partial charge is 0.480 e. The second-order valence-electron chi connectivity index (χ2n) is 2.62. The molecule has 1 rings (SSSR count). The van der Waals surface area contributed by atoms with E-state index in [-0.39, 0.29) is 0 Å². The van der Waals surface area contributed by atoms with E-state index in [1.807, 2.05) is 0 Å². The highest BCUT2D eigenvalue weighted by molar-refractivity contribution is 9.11. The molecule has 82 valence electrons. The minimum Gasteiger partial charge on any atom is -0.480 e. The molecule has 7 heteroatoms. The van der Waals surface area contributed by atoms with Gasteiger partial charge in [0.1, 0.15) is 6.67 Å². The minimum atomic E-state index is -1.49. The number of aliphatic carboxylic acids is 1. The summed E-state index contributed by atoms with van der Waals surface area (Å²) in [6, 6.07) is 1.70. The molecule has 0 saturated carbocycles. The van der Waals surface area contributed by atoms with Crippen molar-refractivity contribution in [2.24, 2.45) is 0 Å². The van der Waals surface area contributed by atoms with Gasteiger partial charge < -0.3 is 10.4 Å². The van der Waals surface area contributed by atoms with Crippen molar-refractivity contribution in [3.8, 4) is 0 Å². The Balaban J connectivity index is 2.66. The smallest absolute Gasteiger partial charge is 0.328 e. The highest BCUT2D eigenvalue weighted by Crippen LogP contribution is 2.21. The van der Waals surface area contributed by atoms with Crippen molar-refractivity contribution in [3.05, 3.63) is 20.8 Å². The van der Waals surface area contributed by atoms with Crippen molar-refractivity contribution >= 4 is 39.1 Å². The summed E-state index contributed by atoms with van der Waals surface area (Å²) in [6.45, 7) is -1.13. The van der Waals surface area contributed by atoms with Crippen LogP contribution in [0.3, 0.4) is 0 Å². The number of carboxylic acids is 1. The molecule has 0 aliphatic heterocycles. The molecule has 2 N–H and O–H groups in total. The molecule has 0 bridgehead atoms. The first-order valence-electron chi connectivity index (χ1n) is 3.89. The summed E-state index contributed by atoms with van der Waals surface area (Å²) in [5, 5.41) is 10.6. The molecular weight excluding hydrogens is 289 g/mol. The molecule has 1 amide bonds. The van der Waals surface area contributed by atoms with Gasteiger partial charge in [0.15, 0.2) is 6.04 Å². The molecule has 0 spiro atoms. The lowest BCUT2D eigenvalue weighted by atomic mass is 10.3. The Bertz CT molecular complexity index is 382. The van der Waals surface area contributed by atoms with Gasteiger partial charge in [-0.25, -0.2) is 9.18 Å². The molecule has 0 saturated heterocycles. The second kappa shape index (κ2) is 5.22. The zero-order chi connectivity index (χ0) is 11.4. The maximum Gasteiger partial charge on any atom is 0.328 e. The molecular formula is C8H7BrFNO3S. The lowest BCUT2D eigenvalue weighted by Crippen LogP contribution is -2.42. The van der Waals surface area contributed by atoms with Crippen molar-refractivity contribution < 1.29 is 19.1 Å². The maximum absolute atomic E-state index is 12.2. The van der Waals surface area contributed by atoms with E-state index in [9.17, 15) is 14.0 Å². The van der Waals surface area contributed by atoms with Crippen LogP contribution < -0.4 is 5.32 Å². The van der Waals surface area contributed by atoms with Crippen LogP contribution in [0.1, 0.15) is 9.67 Å². The molecule has 1 heterocycles. The van der Waals surface area contributed by atoms with Gasteiger partial charge in [-0.2, -0.15) is 0 Å². The molecule has 1 aromatic rings. The monoisotopic (exact) mass is 295 g/mol. The van der Waals surface area contributed by atoms with E-state index in [0.717, 1.165) is 15.1 Å². The molecule has 0 radical (unpaired) electrons. The van der Waals surface area contributed by atoms with E-state index in [1.165, 1.54) is 6.07 Å². The van der Waals surface area contributed by atoms with E-state index in [4.69, 9.17) is 5.11 Å². The Morgan fingerprint density at radius 2 is 2.27 bits per heavy atom. The van der Waals surface area contributed by atoms with Gasteiger partial charge in [-0.15, -0.1) is 11.3 Å². The van der Waals surface area contributed by atoms with Crippen LogP contribution in [-0.4, -0.2) is 29.7 Å². The molecule has 0 fully saturated rings. The van der Waals surface area contributed by atoms with Gasteiger partial charge in [0.2, 0.25) is 0 Å². The molecule has 0 aromatic carbocycles. The van der Waals surface area contributed by atoms with Crippen LogP contribution >= 0.6 is 27.3 Å². The quantitative estimate of drug-likeness (QED) is 0.888. The summed E-state index contributed by atoms with van der Waals surface area (Å²) in [6.07, 6.45) is 0. The van der Waals surface area contributed by atoms with Gasteiger partial charge in [0, 0.05) is 0 Å². The first-order valence-corrected chi connectivity index (χ1v) is 5.50. The maximum atomic E-state index is 12.2. The van der Waals surface area contributed by atoms with Crippen LogP contribution in [0.2, 0.25) is 0 Å². The van der Waals surface area contributed by atoms with E-state index in [2.05, 4.69) is 21.2 Å². The minimum absolute atomic E-state index is 0.335. The number of amides is 1. The zero-order valence-corrected chi connectivity index (χ0v) is 9.77. The number of halogens is 2. The number of carbonyl (C=O) groups is 2. The summed E-state index contributed by atoms with van der Waals surface area (Å²) in [7, 11) is 0. The number of thiophene rings is 1. The van der Waals surface area contributed by atoms with Gasteiger partial charge >= 0.3 is 5.97 Å². The summed E-state index contributed by atoms with van der Waals surface area (Å²) in [5.74, 6) is -1.97. The third-order valence-electron chi connectivity index (χ3n) is 1.55. The Labute approximate surface area is 97.2 Å². The van der Waals surface area contributed by atoms with Gasteiger partial charge in [0.05, 0.1) is 8.66 Å². The van der Waals surface area contributed by atoms with Gasteiger partial charge in [-0.05, 0) is 28.1 Å². The fraction of sp³-hybridized carbons (Fsp3) is 0.250. The van der Waals surface area contributed by atoms with Gasteiger partial charge in [0.25, 0.3) is 5.91 Å². The van der Waals surface area contributed by atoms with E-state index < -0.39 is 24.6 Å². The van der Waals surface area contributed by atoms with E-state index in [0.29, 0.717) is 4.88 Å². The third kappa shape index (κ3) is 3.28. The van der Waals surface area contributed by atoms with Crippen molar-refractivity contribution in [1.82, 2.24) is 5.32 Å². The SMILES string of the molecule is O=C(NC(CF)C(=O)O)c1ccc(Br)s1. The molecule has 0 aliphatic rings. The van der Waals surface area contributed by atoms with Crippen molar-refractivity contribution in [2.75, 3.05) is 6.67 Å².